The minimum absolute atomic E-state index is 0.0737. The number of benzene rings is 2. The van der Waals surface area contributed by atoms with Gasteiger partial charge in [0.25, 0.3) is 0 Å². The first-order chi connectivity index (χ1) is 12.1. The van der Waals surface area contributed by atoms with E-state index < -0.39 is 21.9 Å². The molecule has 0 radical (unpaired) electrons. The summed E-state index contributed by atoms with van der Waals surface area (Å²) in [4.78, 5) is -0.193. The molecule has 0 spiro atoms. The number of nitrogens with zero attached hydrogens (tertiary/aromatic N) is 2. The van der Waals surface area contributed by atoms with Gasteiger partial charge in [-0.15, -0.1) is 0 Å². The Morgan fingerprint density at radius 1 is 1.04 bits per heavy atom. The Balaban J connectivity index is 2.16. The molecule has 1 heterocycles. The number of halogens is 3. The molecule has 5 nitrogen and oxygen atoms in total. The average Bonchev–Trinajstić information content (AvgIpc) is 3.00. The van der Waals surface area contributed by atoms with Gasteiger partial charge in [0.1, 0.15) is 5.69 Å². The molecule has 0 aliphatic heterocycles. The third-order valence-electron chi connectivity index (χ3n) is 3.83. The summed E-state index contributed by atoms with van der Waals surface area (Å²) in [7, 11) is -3.94. The van der Waals surface area contributed by atoms with Crippen molar-refractivity contribution in [3.63, 3.8) is 0 Å². The molecular weight excluding hydrogens is 367 g/mol. The number of sulfonamides is 1. The first-order valence-electron chi connectivity index (χ1n) is 7.44. The molecule has 0 saturated carbocycles. The minimum Gasteiger partial charge on any atom is -0.228 e. The van der Waals surface area contributed by atoms with Gasteiger partial charge in [-0.05, 0) is 42.8 Å². The SMILES string of the molecule is Cc1ccccc1-c1cc(C(F)(F)F)n(-c2ccc(S(N)(=O)=O)cc2)n1. The fourth-order valence-electron chi connectivity index (χ4n) is 2.55. The van der Waals surface area contributed by atoms with E-state index in [0.717, 1.165) is 28.4 Å². The maximum absolute atomic E-state index is 13.5. The molecule has 26 heavy (non-hydrogen) atoms. The van der Waals surface area contributed by atoms with E-state index in [1.54, 1.807) is 31.2 Å². The number of hydrogen-bond acceptors (Lipinski definition) is 3. The van der Waals surface area contributed by atoms with E-state index >= 15 is 0 Å². The number of alkyl halides is 3. The average molecular weight is 381 g/mol. The van der Waals surface area contributed by atoms with Crippen LogP contribution in [-0.4, -0.2) is 18.2 Å². The van der Waals surface area contributed by atoms with Gasteiger partial charge in [-0.2, -0.15) is 18.3 Å². The maximum atomic E-state index is 13.5. The van der Waals surface area contributed by atoms with Gasteiger partial charge in [0.05, 0.1) is 16.3 Å². The highest BCUT2D eigenvalue weighted by molar-refractivity contribution is 7.89. The molecule has 3 aromatic rings. The molecule has 0 unspecified atom stereocenters. The number of hydrogen-bond donors (Lipinski definition) is 1. The second kappa shape index (κ2) is 6.26. The van der Waals surface area contributed by atoms with Crippen LogP contribution in [-0.2, 0) is 16.2 Å². The van der Waals surface area contributed by atoms with Crippen LogP contribution < -0.4 is 5.14 Å². The molecule has 0 amide bonds. The zero-order valence-electron chi connectivity index (χ0n) is 13.5. The van der Waals surface area contributed by atoms with E-state index in [1.807, 2.05) is 0 Å². The molecule has 0 bridgehead atoms. The normalized spacial score (nSPS) is 12.3. The summed E-state index contributed by atoms with van der Waals surface area (Å²) in [5.74, 6) is 0. The van der Waals surface area contributed by atoms with Gasteiger partial charge in [-0.1, -0.05) is 24.3 Å². The number of aryl methyl sites for hydroxylation is 1. The van der Waals surface area contributed by atoms with Gasteiger partial charge < -0.3 is 0 Å². The highest BCUT2D eigenvalue weighted by Gasteiger charge is 2.36. The molecule has 9 heteroatoms. The van der Waals surface area contributed by atoms with Gasteiger partial charge >= 0.3 is 6.18 Å². The predicted molar refractivity (Wildman–Crippen MR) is 90.1 cm³/mol. The van der Waals surface area contributed by atoms with Crippen molar-refractivity contribution in [2.45, 2.75) is 18.0 Å². The third kappa shape index (κ3) is 3.49. The van der Waals surface area contributed by atoms with Crippen molar-refractivity contribution in [1.82, 2.24) is 9.78 Å². The van der Waals surface area contributed by atoms with Crippen molar-refractivity contribution in [3.05, 3.63) is 65.9 Å². The third-order valence-corrected chi connectivity index (χ3v) is 4.76. The summed E-state index contributed by atoms with van der Waals surface area (Å²) >= 11 is 0. The molecule has 0 aliphatic carbocycles. The van der Waals surface area contributed by atoms with Gasteiger partial charge in [0.2, 0.25) is 10.0 Å². The van der Waals surface area contributed by atoms with Crippen LogP contribution in [0.4, 0.5) is 13.2 Å². The Bertz CT molecular complexity index is 1060. The first-order valence-corrected chi connectivity index (χ1v) is 8.98. The van der Waals surface area contributed by atoms with Crippen molar-refractivity contribution >= 4 is 10.0 Å². The van der Waals surface area contributed by atoms with Crippen molar-refractivity contribution in [2.24, 2.45) is 5.14 Å². The van der Waals surface area contributed by atoms with Crippen LogP contribution in [0.3, 0.4) is 0 Å². The number of rotatable bonds is 3. The summed E-state index contributed by atoms with van der Waals surface area (Å²) in [6, 6.07) is 12.7. The van der Waals surface area contributed by atoms with Crippen molar-refractivity contribution in [2.75, 3.05) is 0 Å². The van der Waals surface area contributed by atoms with E-state index in [-0.39, 0.29) is 16.3 Å². The van der Waals surface area contributed by atoms with Crippen LogP contribution in [0.15, 0.2) is 59.5 Å². The lowest BCUT2D eigenvalue weighted by molar-refractivity contribution is -0.142. The van der Waals surface area contributed by atoms with Crippen LogP contribution in [0.1, 0.15) is 11.3 Å². The lowest BCUT2D eigenvalue weighted by Crippen LogP contribution is -2.14. The fourth-order valence-corrected chi connectivity index (χ4v) is 3.06. The van der Waals surface area contributed by atoms with E-state index in [1.165, 1.54) is 12.1 Å². The minimum atomic E-state index is -4.63. The standard InChI is InChI=1S/C17H14F3N3O2S/c1-11-4-2-3-5-14(11)15-10-16(17(18,19)20)23(22-15)12-6-8-13(9-7-12)26(21,24)25/h2-10H,1H3,(H2,21,24,25). The quantitative estimate of drug-likeness (QED) is 0.754. The zero-order valence-corrected chi connectivity index (χ0v) is 14.3. The molecule has 1 aromatic heterocycles. The molecule has 136 valence electrons. The second-order valence-corrected chi connectivity index (χ2v) is 7.24. The van der Waals surface area contributed by atoms with Crippen molar-refractivity contribution in [1.29, 1.82) is 0 Å². The van der Waals surface area contributed by atoms with E-state index in [0.29, 0.717) is 5.56 Å². The number of aromatic nitrogens is 2. The van der Waals surface area contributed by atoms with Gasteiger partial charge in [0.15, 0.2) is 0 Å². The lowest BCUT2D eigenvalue weighted by Gasteiger charge is -2.10. The largest absolute Gasteiger partial charge is 0.433 e. The first kappa shape index (κ1) is 18.2. The van der Waals surface area contributed by atoms with Crippen LogP contribution in [0, 0.1) is 6.92 Å². The predicted octanol–water partition coefficient (Wildman–Crippen LogP) is 3.51. The molecule has 0 atom stereocenters. The summed E-state index contributed by atoms with van der Waals surface area (Å²) < 4.78 is 63.7. The van der Waals surface area contributed by atoms with E-state index in [2.05, 4.69) is 5.10 Å². The van der Waals surface area contributed by atoms with E-state index in [9.17, 15) is 21.6 Å². The second-order valence-electron chi connectivity index (χ2n) is 5.68. The van der Waals surface area contributed by atoms with Crippen molar-refractivity contribution in [3.8, 4) is 16.9 Å². The molecular formula is C17H14F3N3O2S. The Kier molecular flexibility index (Phi) is 4.37. The van der Waals surface area contributed by atoms with Crippen LogP contribution in [0.5, 0.6) is 0 Å². The summed E-state index contributed by atoms with van der Waals surface area (Å²) in [5, 5.41) is 9.10. The number of nitrogens with two attached hydrogens (primary N) is 1. The summed E-state index contributed by atoms with van der Waals surface area (Å²) in [5.41, 5.74) is 0.656. The van der Waals surface area contributed by atoms with Crippen molar-refractivity contribution < 1.29 is 21.6 Å². The van der Waals surface area contributed by atoms with Crippen LogP contribution >= 0.6 is 0 Å². The highest BCUT2D eigenvalue weighted by atomic mass is 32.2. The Labute approximate surface area is 147 Å². The summed E-state index contributed by atoms with van der Waals surface area (Å²) in [6.45, 7) is 1.78. The Morgan fingerprint density at radius 2 is 1.65 bits per heavy atom. The highest BCUT2D eigenvalue weighted by Crippen LogP contribution is 2.34. The molecule has 3 rings (SSSR count). The Hall–Kier alpha value is -2.65. The topological polar surface area (TPSA) is 78.0 Å². The maximum Gasteiger partial charge on any atom is 0.433 e. The van der Waals surface area contributed by atoms with Gasteiger partial charge in [0, 0.05) is 5.56 Å². The van der Waals surface area contributed by atoms with E-state index in [4.69, 9.17) is 5.14 Å². The number of primary sulfonamides is 1. The zero-order chi connectivity index (χ0) is 19.1. The summed E-state index contributed by atoms with van der Waals surface area (Å²) in [6.07, 6.45) is -4.63. The molecule has 2 N–H and O–H groups in total. The monoisotopic (exact) mass is 381 g/mol. The fraction of sp³-hybridized carbons (Fsp3) is 0.118. The lowest BCUT2D eigenvalue weighted by atomic mass is 10.1. The molecule has 2 aromatic carbocycles. The van der Waals surface area contributed by atoms with Gasteiger partial charge in [-0.25, -0.2) is 18.2 Å². The molecule has 0 aliphatic rings. The van der Waals surface area contributed by atoms with Crippen LogP contribution in [0.25, 0.3) is 16.9 Å². The van der Waals surface area contributed by atoms with Crippen LogP contribution in [0.2, 0.25) is 0 Å². The van der Waals surface area contributed by atoms with Gasteiger partial charge in [-0.3, -0.25) is 0 Å². The Morgan fingerprint density at radius 3 is 2.19 bits per heavy atom. The smallest absolute Gasteiger partial charge is 0.228 e. The molecule has 0 saturated heterocycles. The molecule has 0 fully saturated rings.